The molecule has 7 N–H and O–H groups in total. The Morgan fingerprint density at radius 2 is 1.64 bits per heavy atom. The maximum absolute atomic E-state index is 12.6. The van der Waals surface area contributed by atoms with Crippen molar-refractivity contribution in [2.24, 2.45) is 0 Å². The maximum Gasteiger partial charge on any atom is 0.335 e. The SMILES string of the molecule is O=C(O)[C@H]1O[C@@H](Oc2cc(O)c3c(=O)cc(-c4ccccc4O)oc3c2O)[C@H](O)[C@@H](O)[C@@H]1O. The fourth-order valence-corrected chi connectivity index (χ4v) is 3.46. The van der Waals surface area contributed by atoms with Crippen LogP contribution in [0.15, 0.2) is 45.6 Å². The predicted octanol–water partition coefficient (Wildman–Crippen LogP) is -0.152. The molecule has 1 saturated heterocycles. The quantitative estimate of drug-likeness (QED) is 0.253. The highest BCUT2D eigenvalue weighted by Crippen LogP contribution is 2.42. The van der Waals surface area contributed by atoms with Crippen LogP contribution in [0.5, 0.6) is 23.0 Å². The van der Waals surface area contributed by atoms with Crippen molar-refractivity contribution in [1.29, 1.82) is 0 Å². The van der Waals surface area contributed by atoms with E-state index in [1.807, 2.05) is 0 Å². The van der Waals surface area contributed by atoms with Gasteiger partial charge >= 0.3 is 5.97 Å². The zero-order valence-electron chi connectivity index (χ0n) is 16.5. The highest BCUT2D eigenvalue weighted by Gasteiger charge is 2.48. The van der Waals surface area contributed by atoms with Crippen molar-refractivity contribution in [3.63, 3.8) is 0 Å². The Morgan fingerprint density at radius 3 is 2.30 bits per heavy atom. The number of carboxylic acids is 1. The third-order valence-corrected chi connectivity index (χ3v) is 5.15. The molecule has 0 amide bonds. The summed E-state index contributed by atoms with van der Waals surface area (Å²) in [6.07, 6.45) is -9.72. The number of hydrogen-bond donors (Lipinski definition) is 7. The predicted molar refractivity (Wildman–Crippen MR) is 108 cm³/mol. The van der Waals surface area contributed by atoms with Gasteiger partial charge < -0.3 is 49.6 Å². The standard InChI is InChI=1S/C21H18O12/c22-8-4-2-1-3-7(8)11-5-9(23)13-10(24)6-12(14(25)18(13)31-11)32-21-17(28)15(26)16(27)19(33-21)20(29)30/h1-6,15-17,19,21-22,24-28H,(H,29,30)/t15-,16-,17+,19-,21+/m0/s1. The van der Waals surface area contributed by atoms with E-state index >= 15 is 0 Å². The lowest BCUT2D eigenvalue weighted by Gasteiger charge is -2.38. The van der Waals surface area contributed by atoms with Crippen LogP contribution in [-0.4, -0.2) is 72.4 Å². The number of benzene rings is 2. The number of aromatic hydroxyl groups is 3. The second kappa shape index (κ2) is 8.26. The Bertz CT molecular complexity index is 1280. The first-order chi connectivity index (χ1) is 15.6. The van der Waals surface area contributed by atoms with Crippen molar-refractivity contribution in [3.8, 4) is 34.3 Å². The molecule has 0 saturated carbocycles. The second-order valence-electron chi connectivity index (χ2n) is 7.29. The number of phenolic OH excluding ortho intramolecular Hbond substituents is 3. The van der Waals surface area contributed by atoms with E-state index in [0.717, 1.165) is 12.1 Å². The number of para-hydroxylation sites is 1. The molecule has 0 radical (unpaired) electrons. The van der Waals surface area contributed by atoms with E-state index in [4.69, 9.17) is 19.0 Å². The minimum absolute atomic E-state index is 0.120. The fraction of sp³-hybridized carbons (Fsp3) is 0.238. The topological polar surface area (TPSA) is 207 Å². The summed E-state index contributed by atoms with van der Waals surface area (Å²) >= 11 is 0. The molecule has 1 aromatic heterocycles. The zero-order valence-corrected chi connectivity index (χ0v) is 16.5. The number of ether oxygens (including phenoxy) is 2. The van der Waals surface area contributed by atoms with E-state index in [2.05, 4.69) is 0 Å². The first kappa shape index (κ1) is 22.4. The summed E-state index contributed by atoms with van der Waals surface area (Å²) in [5.74, 6) is -4.10. The Labute approximate surface area is 183 Å². The van der Waals surface area contributed by atoms with Gasteiger partial charge in [-0.15, -0.1) is 0 Å². The van der Waals surface area contributed by atoms with Gasteiger partial charge in [0.25, 0.3) is 0 Å². The van der Waals surface area contributed by atoms with Gasteiger partial charge in [-0.3, -0.25) is 4.79 Å². The average Bonchev–Trinajstić information content (AvgIpc) is 2.77. The van der Waals surface area contributed by atoms with Crippen LogP contribution >= 0.6 is 0 Å². The third-order valence-electron chi connectivity index (χ3n) is 5.15. The molecule has 0 aliphatic carbocycles. The van der Waals surface area contributed by atoms with Crippen LogP contribution < -0.4 is 10.2 Å². The molecule has 12 heteroatoms. The van der Waals surface area contributed by atoms with E-state index in [1.165, 1.54) is 12.1 Å². The van der Waals surface area contributed by atoms with E-state index in [1.54, 1.807) is 12.1 Å². The van der Waals surface area contributed by atoms with Crippen LogP contribution in [0.2, 0.25) is 0 Å². The molecule has 2 heterocycles. The van der Waals surface area contributed by atoms with Crippen molar-refractivity contribution in [3.05, 3.63) is 46.6 Å². The summed E-state index contributed by atoms with van der Waals surface area (Å²) in [4.78, 5) is 23.8. The molecule has 0 bridgehead atoms. The van der Waals surface area contributed by atoms with Crippen LogP contribution in [-0.2, 0) is 9.53 Å². The summed E-state index contributed by atoms with van der Waals surface area (Å²) in [6, 6.07) is 7.70. The number of aliphatic carboxylic acids is 1. The number of aliphatic hydroxyl groups excluding tert-OH is 3. The van der Waals surface area contributed by atoms with E-state index in [9.17, 15) is 40.2 Å². The smallest absolute Gasteiger partial charge is 0.335 e. The van der Waals surface area contributed by atoms with Gasteiger partial charge in [-0.1, -0.05) is 12.1 Å². The lowest BCUT2D eigenvalue weighted by molar-refractivity contribution is -0.271. The summed E-state index contributed by atoms with van der Waals surface area (Å²) < 4.78 is 15.8. The van der Waals surface area contributed by atoms with Crippen molar-refractivity contribution >= 4 is 16.9 Å². The monoisotopic (exact) mass is 462 g/mol. The van der Waals surface area contributed by atoms with Gasteiger partial charge in [0, 0.05) is 12.1 Å². The van der Waals surface area contributed by atoms with Gasteiger partial charge in [-0.2, -0.15) is 0 Å². The number of fused-ring (bicyclic) bond motifs is 1. The molecular formula is C21H18O12. The molecular weight excluding hydrogens is 444 g/mol. The molecule has 33 heavy (non-hydrogen) atoms. The molecule has 0 spiro atoms. The number of carbonyl (C=O) groups is 1. The lowest BCUT2D eigenvalue weighted by atomic mass is 9.99. The minimum atomic E-state index is -1.97. The van der Waals surface area contributed by atoms with E-state index < -0.39 is 70.3 Å². The van der Waals surface area contributed by atoms with Crippen molar-refractivity contribution < 1.29 is 54.4 Å². The van der Waals surface area contributed by atoms with Crippen LogP contribution in [0, 0.1) is 0 Å². The Balaban J connectivity index is 1.79. The molecule has 12 nitrogen and oxygen atoms in total. The zero-order chi connectivity index (χ0) is 24.0. The molecule has 4 rings (SSSR count). The Hall–Kier alpha value is -3.84. The number of carboxylic acid groups (broad SMARTS) is 1. The lowest BCUT2D eigenvalue weighted by Crippen LogP contribution is -2.61. The Kier molecular flexibility index (Phi) is 5.59. The summed E-state index contributed by atoms with van der Waals surface area (Å²) in [6.45, 7) is 0. The number of hydrogen-bond acceptors (Lipinski definition) is 11. The van der Waals surface area contributed by atoms with Gasteiger partial charge in [0.1, 0.15) is 41.0 Å². The van der Waals surface area contributed by atoms with Crippen molar-refractivity contribution in [2.45, 2.75) is 30.7 Å². The number of aliphatic hydroxyl groups is 3. The highest BCUT2D eigenvalue weighted by atomic mass is 16.7. The minimum Gasteiger partial charge on any atom is -0.507 e. The van der Waals surface area contributed by atoms with Gasteiger partial charge in [0.2, 0.25) is 12.0 Å². The van der Waals surface area contributed by atoms with Crippen LogP contribution in [0.4, 0.5) is 0 Å². The molecule has 2 aromatic carbocycles. The van der Waals surface area contributed by atoms with E-state index in [-0.39, 0.29) is 17.1 Å². The first-order valence-corrected chi connectivity index (χ1v) is 9.50. The fourth-order valence-electron chi connectivity index (χ4n) is 3.46. The number of phenols is 3. The van der Waals surface area contributed by atoms with Crippen LogP contribution in [0.25, 0.3) is 22.3 Å². The first-order valence-electron chi connectivity index (χ1n) is 9.50. The molecule has 174 valence electrons. The van der Waals surface area contributed by atoms with Gasteiger partial charge in [-0.05, 0) is 12.1 Å². The van der Waals surface area contributed by atoms with Crippen molar-refractivity contribution in [1.82, 2.24) is 0 Å². The molecule has 1 fully saturated rings. The summed E-state index contributed by atoms with van der Waals surface area (Å²) in [7, 11) is 0. The van der Waals surface area contributed by atoms with Gasteiger partial charge in [0.05, 0.1) is 5.56 Å². The van der Waals surface area contributed by atoms with Crippen LogP contribution in [0.3, 0.4) is 0 Å². The Morgan fingerprint density at radius 1 is 0.939 bits per heavy atom. The second-order valence-corrected chi connectivity index (χ2v) is 7.29. The molecule has 0 unspecified atom stereocenters. The van der Waals surface area contributed by atoms with Gasteiger partial charge in [0.15, 0.2) is 22.9 Å². The summed E-state index contributed by atoms with van der Waals surface area (Å²) in [5.41, 5.74) is -1.17. The molecule has 3 aromatic rings. The average molecular weight is 462 g/mol. The molecule has 5 atom stereocenters. The largest absolute Gasteiger partial charge is 0.507 e. The maximum atomic E-state index is 12.6. The van der Waals surface area contributed by atoms with Crippen molar-refractivity contribution in [2.75, 3.05) is 0 Å². The van der Waals surface area contributed by atoms with Gasteiger partial charge in [-0.25, -0.2) is 4.79 Å². The normalized spacial score (nSPS) is 25.1. The summed E-state index contributed by atoms with van der Waals surface area (Å²) in [5, 5.41) is 69.5. The van der Waals surface area contributed by atoms with E-state index in [0.29, 0.717) is 0 Å². The molecule has 1 aliphatic rings. The highest BCUT2D eigenvalue weighted by molar-refractivity contribution is 5.91. The molecule has 1 aliphatic heterocycles. The van der Waals surface area contributed by atoms with Crippen LogP contribution in [0.1, 0.15) is 0 Å². The third kappa shape index (κ3) is 3.81. The number of rotatable bonds is 4.